The number of hydrogen-bond donors (Lipinski definition) is 1. The van der Waals surface area contributed by atoms with Gasteiger partial charge in [-0.1, -0.05) is 42.8 Å². The number of rotatable bonds is 9. The van der Waals surface area contributed by atoms with Crippen LogP contribution in [0.2, 0.25) is 0 Å². The number of nitrogens with zero attached hydrogens (tertiary/aromatic N) is 2. The average molecular weight is 358 g/mol. The van der Waals surface area contributed by atoms with E-state index in [4.69, 9.17) is 4.74 Å². The molecule has 0 aliphatic carbocycles. The summed E-state index contributed by atoms with van der Waals surface area (Å²) in [5.74, 6) is 0.982. The predicted molar refractivity (Wildman–Crippen MR) is 111 cm³/mol. The largest absolute Gasteiger partial charge is 0.381 e. The summed E-state index contributed by atoms with van der Waals surface area (Å²) in [6.45, 7) is 7.36. The molecule has 0 amide bonds. The molecule has 1 aromatic carbocycles. The van der Waals surface area contributed by atoms with Crippen LogP contribution >= 0.6 is 0 Å². The third-order valence-electron chi connectivity index (χ3n) is 5.40. The Balaban J connectivity index is 1.92. The highest BCUT2D eigenvalue weighted by molar-refractivity contribution is 5.79. The Kier molecular flexibility index (Phi) is 8.69. The van der Waals surface area contributed by atoms with E-state index in [0.29, 0.717) is 0 Å². The highest BCUT2D eigenvalue weighted by Gasteiger charge is 2.34. The number of benzene rings is 1. The first-order valence-corrected chi connectivity index (χ1v) is 9.88. The number of guanidine groups is 1. The lowest BCUT2D eigenvalue weighted by atomic mass is 9.74. The van der Waals surface area contributed by atoms with Crippen molar-refractivity contribution in [1.82, 2.24) is 10.2 Å². The Bertz CT molecular complexity index is 550. The second kappa shape index (κ2) is 11.0. The van der Waals surface area contributed by atoms with E-state index in [0.717, 1.165) is 51.5 Å². The minimum absolute atomic E-state index is 0.125. The van der Waals surface area contributed by atoms with Gasteiger partial charge in [0.1, 0.15) is 0 Å². The molecule has 26 heavy (non-hydrogen) atoms. The number of hydrogen-bond acceptors (Lipinski definition) is 2. The lowest BCUT2D eigenvalue weighted by Crippen LogP contribution is -2.48. The Hall–Kier alpha value is -1.81. The normalized spacial score (nSPS) is 16.9. The van der Waals surface area contributed by atoms with Gasteiger partial charge < -0.3 is 15.0 Å². The van der Waals surface area contributed by atoms with E-state index in [2.05, 4.69) is 59.2 Å². The zero-order valence-electron chi connectivity index (χ0n) is 16.5. The number of unbranched alkanes of at least 4 members (excludes halogenated alkanes) is 3. The van der Waals surface area contributed by atoms with Gasteiger partial charge >= 0.3 is 0 Å². The summed E-state index contributed by atoms with van der Waals surface area (Å²) in [6, 6.07) is 10.9. The number of aliphatic imine (C=N–C) groups is 1. The lowest BCUT2D eigenvalue weighted by molar-refractivity contribution is 0.0512. The summed E-state index contributed by atoms with van der Waals surface area (Å²) >= 11 is 0. The second-order valence-electron chi connectivity index (χ2n) is 7.22. The van der Waals surface area contributed by atoms with Crippen LogP contribution in [-0.4, -0.2) is 51.3 Å². The molecule has 144 valence electrons. The van der Waals surface area contributed by atoms with Crippen molar-refractivity contribution in [3.8, 4) is 0 Å². The summed E-state index contributed by atoms with van der Waals surface area (Å²) in [4.78, 5) is 6.74. The molecule has 0 saturated carbocycles. The second-order valence-corrected chi connectivity index (χ2v) is 7.22. The summed E-state index contributed by atoms with van der Waals surface area (Å²) in [7, 11) is 4.00. The van der Waals surface area contributed by atoms with E-state index in [1.165, 1.54) is 24.8 Å². The van der Waals surface area contributed by atoms with Gasteiger partial charge in [0.15, 0.2) is 5.96 Å². The molecule has 0 atom stereocenters. The molecular formula is C22H35N3O. The Morgan fingerprint density at radius 3 is 2.62 bits per heavy atom. The summed E-state index contributed by atoms with van der Waals surface area (Å²) < 4.78 is 5.64. The van der Waals surface area contributed by atoms with Gasteiger partial charge in [0, 0.05) is 45.8 Å². The topological polar surface area (TPSA) is 36.9 Å². The van der Waals surface area contributed by atoms with Crippen molar-refractivity contribution in [1.29, 1.82) is 0 Å². The van der Waals surface area contributed by atoms with Crippen LogP contribution in [-0.2, 0) is 10.2 Å². The van der Waals surface area contributed by atoms with Gasteiger partial charge in [0.05, 0.1) is 0 Å². The fraction of sp³-hybridized carbons (Fsp3) is 0.591. The quantitative estimate of drug-likeness (QED) is 0.314. The highest BCUT2D eigenvalue weighted by Crippen LogP contribution is 2.34. The van der Waals surface area contributed by atoms with Gasteiger partial charge in [-0.3, -0.25) is 4.99 Å². The molecule has 1 fully saturated rings. The molecule has 0 radical (unpaired) electrons. The van der Waals surface area contributed by atoms with Crippen molar-refractivity contribution < 1.29 is 4.74 Å². The molecular weight excluding hydrogens is 322 g/mol. The van der Waals surface area contributed by atoms with E-state index in [-0.39, 0.29) is 5.41 Å². The molecule has 1 heterocycles. The molecule has 1 aliphatic heterocycles. The monoisotopic (exact) mass is 357 g/mol. The first-order valence-electron chi connectivity index (χ1n) is 9.88. The van der Waals surface area contributed by atoms with Crippen LogP contribution in [0.5, 0.6) is 0 Å². The molecule has 1 N–H and O–H groups in total. The molecule has 2 rings (SSSR count). The molecule has 0 bridgehead atoms. The molecule has 1 aliphatic rings. The third kappa shape index (κ3) is 5.87. The maximum atomic E-state index is 5.64. The lowest BCUT2D eigenvalue weighted by Gasteiger charge is -2.39. The van der Waals surface area contributed by atoms with E-state index >= 15 is 0 Å². The molecule has 4 heteroatoms. The first kappa shape index (κ1) is 20.5. The number of nitrogens with one attached hydrogen (secondary N) is 1. The Labute approximate surface area is 159 Å². The van der Waals surface area contributed by atoms with Crippen LogP contribution in [0, 0.1) is 0 Å². The van der Waals surface area contributed by atoms with E-state index in [9.17, 15) is 0 Å². The Morgan fingerprint density at radius 2 is 1.96 bits per heavy atom. The zero-order valence-corrected chi connectivity index (χ0v) is 16.5. The molecule has 0 unspecified atom stereocenters. The fourth-order valence-corrected chi connectivity index (χ4v) is 3.67. The van der Waals surface area contributed by atoms with Crippen LogP contribution in [0.25, 0.3) is 0 Å². The van der Waals surface area contributed by atoms with E-state index in [1.54, 1.807) is 0 Å². The zero-order chi connectivity index (χ0) is 18.7. The SMILES string of the molecule is C=CCCCCCN(C)C(=NC)NCC1(c2ccccc2)CCOCC1. The van der Waals surface area contributed by atoms with Crippen molar-refractivity contribution in [3.05, 3.63) is 48.6 Å². The highest BCUT2D eigenvalue weighted by atomic mass is 16.5. The van der Waals surface area contributed by atoms with E-state index in [1.807, 2.05) is 13.1 Å². The maximum absolute atomic E-state index is 5.64. The van der Waals surface area contributed by atoms with Crippen LogP contribution < -0.4 is 5.32 Å². The minimum Gasteiger partial charge on any atom is -0.381 e. The standard InChI is InChI=1S/C22H35N3O/c1-4-5-6-7-11-16-25(3)21(23-2)24-19-22(14-17-26-18-15-22)20-12-9-8-10-13-20/h4,8-10,12-13H,1,5-7,11,14-19H2,2-3H3,(H,23,24). The van der Waals surface area contributed by atoms with Crippen LogP contribution in [0.4, 0.5) is 0 Å². The minimum atomic E-state index is 0.125. The molecule has 0 aromatic heterocycles. The van der Waals surface area contributed by atoms with Crippen molar-refractivity contribution in [3.63, 3.8) is 0 Å². The molecule has 0 spiro atoms. The average Bonchev–Trinajstić information content (AvgIpc) is 2.69. The third-order valence-corrected chi connectivity index (χ3v) is 5.40. The van der Waals surface area contributed by atoms with Crippen molar-refractivity contribution >= 4 is 5.96 Å². The predicted octanol–water partition coefficient (Wildman–Crippen LogP) is 3.99. The fourth-order valence-electron chi connectivity index (χ4n) is 3.67. The summed E-state index contributed by atoms with van der Waals surface area (Å²) in [5, 5.41) is 3.63. The van der Waals surface area contributed by atoms with Crippen LogP contribution in [0.3, 0.4) is 0 Å². The molecule has 1 aromatic rings. The van der Waals surface area contributed by atoms with Gasteiger partial charge in [-0.05, 0) is 37.7 Å². The van der Waals surface area contributed by atoms with Crippen LogP contribution in [0.15, 0.2) is 48.0 Å². The Morgan fingerprint density at radius 1 is 1.23 bits per heavy atom. The number of ether oxygens (including phenoxy) is 1. The summed E-state index contributed by atoms with van der Waals surface area (Å²) in [6.07, 6.45) is 8.85. The van der Waals surface area contributed by atoms with Gasteiger partial charge in [-0.2, -0.15) is 0 Å². The van der Waals surface area contributed by atoms with Gasteiger partial charge in [0.25, 0.3) is 0 Å². The first-order chi connectivity index (χ1) is 12.7. The van der Waals surface area contributed by atoms with Crippen molar-refractivity contribution in [2.24, 2.45) is 4.99 Å². The maximum Gasteiger partial charge on any atom is 0.193 e. The summed E-state index contributed by atoms with van der Waals surface area (Å²) in [5.41, 5.74) is 1.53. The van der Waals surface area contributed by atoms with Crippen molar-refractivity contribution in [2.75, 3.05) is 40.4 Å². The molecule has 1 saturated heterocycles. The van der Waals surface area contributed by atoms with Gasteiger partial charge in [-0.15, -0.1) is 6.58 Å². The van der Waals surface area contributed by atoms with Crippen molar-refractivity contribution in [2.45, 2.75) is 43.9 Å². The van der Waals surface area contributed by atoms with E-state index < -0.39 is 0 Å². The molecule has 4 nitrogen and oxygen atoms in total. The van der Waals surface area contributed by atoms with Crippen LogP contribution in [0.1, 0.15) is 44.1 Å². The van der Waals surface area contributed by atoms with Gasteiger partial charge in [-0.25, -0.2) is 0 Å². The smallest absolute Gasteiger partial charge is 0.193 e. The number of allylic oxidation sites excluding steroid dienone is 1. The van der Waals surface area contributed by atoms with Gasteiger partial charge in [0.2, 0.25) is 0 Å².